The maximum absolute atomic E-state index is 12.6. The van der Waals surface area contributed by atoms with Gasteiger partial charge in [0.2, 0.25) is 0 Å². The highest BCUT2D eigenvalue weighted by Gasteiger charge is 2.28. The Morgan fingerprint density at radius 2 is 2.15 bits per heavy atom. The third-order valence-electron chi connectivity index (χ3n) is 3.76. The first-order chi connectivity index (χ1) is 9.59. The SMILES string of the molecule is CC(C)N(Cc1ccccc1N)C(=O)C1CCCCO1. The molecule has 1 aromatic rings. The predicted molar refractivity (Wildman–Crippen MR) is 80.1 cm³/mol. The number of rotatable bonds is 4. The number of ether oxygens (including phenoxy) is 1. The first kappa shape index (κ1) is 14.9. The molecule has 2 N–H and O–H groups in total. The van der Waals surface area contributed by atoms with Crippen molar-refractivity contribution in [2.75, 3.05) is 12.3 Å². The molecule has 0 saturated carbocycles. The summed E-state index contributed by atoms with van der Waals surface area (Å²) in [5.41, 5.74) is 7.70. The van der Waals surface area contributed by atoms with E-state index in [0.717, 1.165) is 30.5 Å². The van der Waals surface area contributed by atoms with Crippen LogP contribution in [0, 0.1) is 0 Å². The molecule has 20 heavy (non-hydrogen) atoms. The van der Waals surface area contributed by atoms with E-state index in [1.165, 1.54) is 0 Å². The molecule has 2 rings (SSSR count). The van der Waals surface area contributed by atoms with Gasteiger partial charge in [-0.25, -0.2) is 0 Å². The summed E-state index contributed by atoms with van der Waals surface area (Å²) in [7, 11) is 0. The molecular weight excluding hydrogens is 252 g/mol. The molecule has 0 spiro atoms. The minimum Gasteiger partial charge on any atom is -0.398 e. The highest BCUT2D eigenvalue weighted by Crippen LogP contribution is 2.20. The Balaban J connectivity index is 2.10. The zero-order chi connectivity index (χ0) is 14.5. The summed E-state index contributed by atoms with van der Waals surface area (Å²) in [5.74, 6) is 0.0861. The van der Waals surface area contributed by atoms with E-state index in [2.05, 4.69) is 0 Å². The van der Waals surface area contributed by atoms with E-state index < -0.39 is 0 Å². The second-order valence-electron chi connectivity index (χ2n) is 5.61. The van der Waals surface area contributed by atoms with Crippen LogP contribution in [0.25, 0.3) is 0 Å². The second-order valence-corrected chi connectivity index (χ2v) is 5.61. The van der Waals surface area contributed by atoms with E-state index in [-0.39, 0.29) is 18.1 Å². The van der Waals surface area contributed by atoms with Crippen LogP contribution in [-0.2, 0) is 16.1 Å². The van der Waals surface area contributed by atoms with Gasteiger partial charge in [-0.05, 0) is 44.7 Å². The molecule has 1 aromatic carbocycles. The molecule has 0 radical (unpaired) electrons. The Morgan fingerprint density at radius 3 is 2.75 bits per heavy atom. The third-order valence-corrected chi connectivity index (χ3v) is 3.76. The van der Waals surface area contributed by atoms with Gasteiger partial charge in [0.1, 0.15) is 6.10 Å². The lowest BCUT2D eigenvalue weighted by Gasteiger charge is -2.32. The Kier molecular flexibility index (Phi) is 5.01. The standard InChI is InChI=1S/C16H24N2O2/c1-12(2)18(11-13-7-3-4-8-14(13)17)16(19)15-9-5-6-10-20-15/h3-4,7-8,12,15H,5-6,9-11,17H2,1-2H3. The van der Waals surface area contributed by atoms with Gasteiger partial charge in [0, 0.05) is 24.9 Å². The van der Waals surface area contributed by atoms with E-state index in [1.54, 1.807) is 0 Å². The van der Waals surface area contributed by atoms with Crippen LogP contribution in [0.1, 0.15) is 38.7 Å². The van der Waals surface area contributed by atoms with Crippen molar-refractivity contribution in [2.45, 2.75) is 51.8 Å². The molecule has 1 aliphatic heterocycles. The largest absolute Gasteiger partial charge is 0.398 e. The van der Waals surface area contributed by atoms with Crippen LogP contribution >= 0.6 is 0 Å². The van der Waals surface area contributed by atoms with Crippen LogP contribution in [-0.4, -0.2) is 29.6 Å². The monoisotopic (exact) mass is 276 g/mol. The lowest BCUT2D eigenvalue weighted by Crippen LogP contribution is -2.45. The predicted octanol–water partition coefficient (Wildman–Crippen LogP) is 2.57. The summed E-state index contributed by atoms with van der Waals surface area (Å²) >= 11 is 0. The van der Waals surface area contributed by atoms with Gasteiger partial charge in [-0.2, -0.15) is 0 Å². The van der Waals surface area contributed by atoms with Crippen LogP contribution in [0.5, 0.6) is 0 Å². The van der Waals surface area contributed by atoms with Gasteiger partial charge in [-0.1, -0.05) is 18.2 Å². The summed E-state index contributed by atoms with van der Waals surface area (Å²) < 4.78 is 5.62. The van der Waals surface area contributed by atoms with Crippen molar-refractivity contribution in [3.8, 4) is 0 Å². The third kappa shape index (κ3) is 3.51. The molecule has 4 heteroatoms. The molecular formula is C16H24N2O2. The van der Waals surface area contributed by atoms with Crippen molar-refractivity contribution in [2.24, 2.45) is 0 Å². The zero-order valence-electron chi connectivity index (χ0n) is 12.3. The van der Waals surface area contributed by atoms with Crippen molar-refractivity contribution in [3.05, 3.63) is 29.8 Å². The maximum Gasteiger partial charge on any atom is 0.252 e. The van der Waals surface area contributed by atoms with E-state index >= 15 is 0 Å². The molecule has 1 unspecified atom stereocenters. The van der Waals surface area contributed by atoms with E-state index in [4.69, 9.17) is 10.5 Å². The maximum atomic E-state index is 12.6. The summed E-state index contributed by atoms with van der Waals surface area (Å²) in [4.78, 5) is 14.5. The number of nitrogens with zero attached hydrogens (tertiary/aromatic N) is 1. The molecule has 1 heterocycles. The number of benzene rings is 1. The van der Waals surface area contributed by atoms with Crippen LogP contribution in [0.4, 0.5) is 5.69 Å². The molecule has 0 aromatic heterocycles. The highest BCUT2D eigenvalue weighted by atomic mass is 16.5. The van der Waals surface area contributed by atoms with Gasteiger partial charge in [0.15, 0.2) is 0 Å². The Labute approximate surface area is 120 Å². The average molecular weight is 276 g/mol. The minimum absolute atomic E-state index is 0.0861. The van der Waals surface area contributed by atoms with Gasteiger partial charge in [-0.15, -0.1) is 0 Å². The Morgan fingerprint density at radius 1 is 1.40 bits per heavy atom. The topological polar surface area (TPSA) is 55.6 Å². The summed E-state index contributed by atoms with van der Waals surface area (Å²) in [5, 5.41) is 0. The van der Waals surface area contributed by atoms with Crippen LogP contribution in [0.2, 0.25) is 0 Å². The van der Waals surface area contributed by atoms with Crippen molar-refractivity contribution in [1.29, 1.82) is 0 Å². The first-order valence-electron chi connectivity index (χ1n) is 7.35. The number of anilines is 1. The fraction of sp³-hybridized carbons (Fsp3) is 0.562. The molecule has 1 aliphatic rings. The van der Waals surface area contributed by atoms with Gasteiger partial charge in [0.25, 0.3) is 5.91 Å². The lowest BCUT2D eigenvalue weighted by molar-refractivity contribution is -0.149. The number of nitrogen functional groups attached to an aromatic ring is 1. The van der Waals surface area contributed by atoms with E-state index in [9.17, 15) is 4.79 Å². The fourth-order valence-corrected chi connectivity index (χ4v) is 2.50. The Bertz CT molecular complexity index is 454. The van der Waals surface area contributed by atoms with Crippen LogP contribution in [0.15, 0.2) is 24.3 Å². The van der Waals surface area contributed by atoms with Crippen molar-refractivity contribution < 1.29 is 9.53 Å². The number of carbonyl (C=O) groups excluding carboxylic acids is 1. The van der Waals surface area contributed by atoms with E-state index in [0.29, 0.717) is 13.2 Å². The summed E-state index contributed by atoms with van der Waals surface area (Å²) in [6, 6.07) is 7.83. The number of hydrogen-bond acceptors (Lipinski definition) is 3. The molecule has 1 fully saturated rings. The first-order valence-corrected chi connectivity index (χ1v) is 7.35. The molecule has 0 bridgehead atoms. The number of carbonyl (C=O) groups is 1. The summed E-state index contributed by atoms with van der Waals surface area (Å²) in [6.07, 6.45) is 2.66. The quantitative estimate of drug-likeness (QED) is 0.860. The van der Waals surface area contributed by atoms with Crippen molar-refractivity contribution in [3.63, 3.8) is 0 Å². The Hall–Kier alpha value is -1.55. The van der Waals surface area contributed by atoms with Crippen LogP contribution < -0.4 is 5.73 Å². The highest BCUT2D eigenvalue weighted by molar-refractivity contribution is 5.81. The zero-order valence-corrected chi connectivity index (χ0v) is 12.3. The molecule has 1 saturated heterocycles. The number of nitrogens with two attached hydrogens (primary N) is 1. The summed E-state index contributed by atoms with van der Waals surface area (Å²) in [6.45, 7) is 5.29. The molecule has 4 nitrogen and oxygen atoms in total. The van der Waals surface area contributed by atoms with Crippen LogP contribution in [0.3, 0.4) is 0 Å². The minimum atomic E-state index is -0.281. The van der Waals surface area contributed by atoms with Crippen molar-refractivity contribution in [1.82, 2.24) is 4.90 Å². The fourth-order valence-electron chi connectivity index (χ4n) is 2.50. The normalized spacial score (nSPS) is 19.1. The molecule has 1 atom stereocenters. The smallest absolute Gasteiger partial charge is 0.252 e. The van der Waals surface area contributed by atoms with Crippen molar-refractivity contribution >= 4 is 11.6 Å². The number of para-hydroxylation sites is 1. The van der Waals surface area contributed by atoms with E-state index in [1.807, 2.05) is 43.0 Å². The molecule has 110 valence electrons. The number of amides is 1. The second kappa shape index (κ2) is 6.75. The van der Waals surface area contributed by atoms with Gasteiger partial charge < -0.3 is 15.4 Å². The van der Waals surface area contributed by atoms with Gasteiger partial charge >= 0.3 is 0 Å². The average Bonchev–Trinajstić information content (AvgIpc) is 2.46. The molecule has 1 amide bonds. The molecule has 0 aliphatic carbocycles. The van der Waals surface area contributed by atoms with Gasteiger partial charge in [0.05, 0.1) is 0 Å². The lowest BCUT2D eigenvalue weighted by atomic mass is 10.1. The van der Waals surface area contributed by atoms with Gasteiger partial charge in [-0.3, -0.25) is 4.79 Å². The number of hydrogen-bond donors (Lipinski definition) is 1.